The summed E-state index contributed by atoms with van der Waals surface area (Å²) in [5.41, 5.74) is 2.65. The first-order valence-electron chi connectivity index (χ1n) is 10.6. The van der Waals surface area contributed by atoms with Gasteiger partial charge in [-0.15, -0.1) is 22.7 Å². The molecule has 8 heteroatoms. The van der Waals surface area contributed by atoms with Gasteiger partial charge in [-0.2, -0.15) is 0 Å². The fourth-order valence-electron chi connectivity index (χ4n) is 2.95. The van der Waals surface area contributed by atoms with Crippen LogP contribution in [0.15, 0.2) is 69.3 Å². The van der Waals surface area contributed by atoms with E-state index < -0.39 is 0 Å². The van der Waals surface area contributed by atoms with E-state index in [1.807, 2.05) is 54.1 Å². The van der Waals surface area contributed by atoms with E-state index in [4.69, 9.17) is 9.47 Å². The van der Waals surface area contributed by atoms with Crippen molar-refractivity contribution in [1.29, 1.82) is 0 Å². The number of benzene rings is 2. The van der Waals surface area contributed by atoms with Crippen molar-refractivity contribution in [2.45, 2.75) is 23.6 Å². The van der Waals surface area contributed by atoms with Gasteiger partial charge in [0, 0.05) is 44.1 Å². The van der Waals surface area contributed by atoms with Crippen molar-refractivity contribution in [3.8, 4) is 29.4 Å². The molecule has 0 saturated heterocycles. The molecule has 2 aromatic carbocycles. The Morgan fingerprint density at radius 3 is 2.11 bits per heavy atom. The Hall–Kier alpha value is -3.56. The van der Waals surface area contributed by atoms with Crippen LogP contribution >= 0.6 is 34.4 Å². The van der Waals surface area contributed by atoms with Crippen LogP contribution in [0.5, 0.6) is 5.75 Å². The smallest absolute Gasteiger partial charge is 0.344 e. The number of aryl methyl sites for hydroxylation is 1. The van der Waals surface area contributed by atoms with Crippen LogP contribution in [0.25, 0.3) is 0 Å². The third kappa shape index (κ3) is 7.46. The number of rotatable bonds is 6. The molecule has 0 aliphatic heterocycles. The van der Waals surface area contributed by atoms with Crippen LogP contribution in [0.1, 0.15) is 33.6 Å². The van der Waals surface area contributed by atoms with E-state index in [-0.39, 0.29) is 12.6 Å². The maximum absolute atomic E-state index is 11.6. The molecule has 0 aliphatic carbocycles. The molecule has 0 radical (unpaired) electrons. The Labute approximate surface area is 216 Å². The minimum atomic E-state index is -0.382. The highest BCUT2D eigenvalue weighted by atomic mass is 32.2. The fraction of sp³-hybridized carbons (Fsp3) is 0.148. The monoisotopic (exact) mass is 516 g/mol. The normalized spacial score (nSPS) is 10.0. The minimum Gasteiger partial charge on any atom is -0.482 e. The third-order valence-electron chi connectivity index (χ3n) is 4.43. The van der Waals surface area contributed by atoms with E-state index in [0.29, 0.717) is 12.4 Å². The van der Waals surface area contributed by atoms with Gasteiger partial charge in [-0.3, -0.25) is 0 Å². The number of hydrogen-bond donors (Lipinski definition) is 0. The minimum absolute atomic E-state index is 0.109. The van der Waals surface area contributed by atoms with E-state index in [0.717, 1.165) is 36.5 Å². The first-order chi connectivity index (χ1) is 17.1. The van der Waals surface area contributed by atoms with Gasteiger partial charge < -0.3 is 9.47 Å². The number of hydrogen-bond acceptors (Lipinski definition) is 8. The van der Waals surface area contributed by atoms with E-state index in [9.17, 15) is 4.79 Å². The average molecular weight is 517 g/mol. The lowest BCUT2D eigenvalue weighted by Crippen LogP contribution is -2.14. The van der Waals surface area contributed by atoms with Gasteiger partial charge in [-0.25, -0.2) is 14.8 Å². The van der Waals surface area contributed by atoms with Gasteiger partial charge in [0.15, 0.2) is 16.6 Å². The van der Waals surface area contributed by atoms with Crippen LogP contribution in [0, 0.1) is 30.6 Å². The topological polar surface area (TPSA) is 61.3 Å². The second-order valence-electron chi connectivity index (χ2n) is 7.04. The molecule has 4 aromatic rings. The molecule has 35 heavy (non-hydrogen) atoms. The number of carbonyl (C=O) groups excluding carboxylic acids is 1. The number of ether oxygens (including phenoxy) is 2. The van der Waals surface area contributed by atoms with Crippen LogP contribution in [-0.2, 0) is 9.53 Å². The molecule has 5 nitrogen and oxygen atoms in total. The summed E-state index contributed by atoms with van der Waals surface area (Å²) in [6.45, 7) is 3.94. The lowest BCUT2D eigenvalue weighted by atomic mass is 10.1. The number of thiazole rings is 2. The fourth-order valence-corrected chi connectivity index (χ4v) is 4.93. The van der Waals surface area contributed by atoms with Crippen LogP contribution in [-0.4, -0.2) is 29.2 Å². The summed E-state index contributed by atoms with van der Waals surface area (Å²) in [5.74, 6) is 12.9. The molecule has 2 aromatic heterocycles. The SMILES string of the molecule is CCOC(=O)COc1ccc(Sc2cc(C#Cc3nccs3)cc(C#Cc3nccs3)c2)cc1C. The summed E-state index contributed by atoms with van der Waals surface area (Å²) in [5, 5.41) is 5.35. The van der Waals surface area contributed by atoms with Gasteiger partial charge in [-0.1, -0.05) is 23.6 Å². The molecule has 0 aliphatic rings. The van der Waals surface area contributed by atoms with Crippen LogP contribution < -0.4 is 4.74 Å². The largest absolute Gasteiger partial charge is 0.482 e. The van der Waals surface area contributed by atoms with Crippen molar-refractivity contribution in [2.75, 3.05) is 13.2 Å². The predicted octanol–water partition coefficient (Wildman–Crippen LogP) is 5.80. The molecule has 0 atom stereocenters. The summed E-state index contributed by atoms with van der Waals surface area (Å²) in [6.07, 6.45) is 3.49. The van der Waals surface area contributed by atoms with E-state index >= 15 is 0 Å². The van der Waals surface area contributed by atoms with Crippen molar-refractivity contribution >= 4 is 40.4 Å². The Morgan fingerprint density at radius 1 is 0.914 bits per heavy atom. The first kappa shape index (κ1) is 24.6. The molecule has 0 amide bonds. The molecular weight excluding hydrogens is 497 g/mol. The summed E-state index contributed by atoms with van der Waals surface area (Å²) in [4.78, 5) is 22.1. The lowest BCUT2D eigenvalue weighted by Gasteiger charge is -2.10. The Balaban J connectivity index is 1.57. The van der Waals surface area contributed by atoms with Crippen molar-refractivity contribution in [3.63, 3.8) is 0 Å². The Kier molecular flexibility index (Phi) is 8.58. The van der Waals surface area contributed by atoms with Gasteiger partial charge in [0.2, 0.25) is 0 Å². The quantitative estimate of drug-likeness (QED) is 0.238. The van der Waals surface area contributed by atoms with E-state index in [1.54, 1.807) is 31.1 Å². The molecule has 0 N–H and O–H groups in total. The molecule has 0 fully saturated rings. The summed E-state index contributed by atoms with van der Waals surface area (Å²) < 4.78 is 10.5. The Bertz CT molecular complexity index is 1350. The highest BCUT2D eigenvalue weighted by Crippen LogP contribution is 2.32. The van der Waals surface area contributed by atoms with Crippen molar-refractivity contribution in [2.24, 2.45) is 0 Å². The van der Waals surface area contributed by atoms with Gasteiger partial charge >= 0.3 is 5.97 Å². The number of nitrogens with zero attached hydrogens (tertiary/aromatic N) is 2. The number of aromatic nitrogens is 2. The number of esters is 1. The molecule has 0 bridgehead atoms. The summed E-state index contributed by atoms with van der Waals surface area (Å²) >= 11 is 4.62. The molecule has 0 spiro atoms. The molecule has 4 rings (SSSR count). The molecule has 174 valence electrons. The second kappa shape index (κ2) is 12.2. The molecule has 0 unspecified atom stereocenters. The first-order valence-corrected chi connectivity index (χ1v) is 13.2. The van der Waals surface area contributed by atoms with Gasteiger partial charge in [0.1, 0.15) is 5.75 Å². The molecular formula is C27H20N2O3S3. The molecule has 0 saturated carbocycles. The van der Waals surface area contributed by atoms with Gasteiger partial charge in [-0.05, 0) is 67.6 Å². The van der Waals surface area contributed by atoms with Crippen molar-refractivity contribution < 1.29 is 14.3 Å². The molecule has 2 heterocycles. The van der Waals surface area contributed by atoms with E-state index in [2.05, 4.69) is 33.6 Å². The summed E-state index contributed by atoms with van der Waals surface area (Å²) in [7, 11) is 0. The van der Waals surface area contributed by atoms with Crippen molar-refractivity contribution in [3.05, 3.63) is 86.3 Å². The van der Waals surface area contributed by atoms with Crippen molar-refractivity contribution in [1.82, 2.24) is 9.97 Å². The number of carbonyl (C=O) groups is 1. The van der Waals surface area contributed by atoms with Crippen LogP contribution in [0.4, 0.5) is 0 Å². The van der Waals surface area contributed by atoms with Crippen LogP contribution in [0.2, 0.25) is 0 Å². The highest BCUT2D eigenvalue weighted by molar-refractivity contribution is 7.99. The second-order valence-corrected chi connectivity index (χ2v) is 9.98. The average Bonchev–Trinajstić information content (AvgIpc) is 3.55. The summed E-state index contributed by atoms with van der Waals surface area (Å²) in [6, 6.07) is 11.9. The van der Waals surface area contributed by atoms with Crippen LogP contribution in [0.3, 0.4) is 0 Å². The lowest BCUT2D eigenvalue weighted by molar-refractivity contribution is -0.145. The standard InChI is InChI=1S/C27H20N2O3S3/c1-3-31-27(30)18-32-24-7-6-22(14-19(24)2)35-23-16-20(4-8-25-28-10-12-33-25)15-21(17-23)5-9-26-29-11-13-34-26/h6-7,10-17H,3,18H2,1-2H3. The maximum Gasteiger partial charge on any atom is 0.344 e. The third-order valence-corrected chi connectivity index (χ3v) is 6.77. The predicted molar refractivity (Wildman–Crippen MR) is 140 cm³/mol. The zero-order valence-electron chi connectivity index (χ0n) is 19.0. The van der Waals surface area contributed by atoms with E-state index in [1.165, 1.54) is 22.7 Å². The Morgan fingerprint density at radius 2 is 1.57 bits per heavy atom. The zero-order chi connectivity index (χ0) is 24.5. The zero-order valence-corrected chi connectivity index (χ0v) is 21.5. The van der Waals surface area contributed by atoms with Gasteiger partial charge in [0.25, 0.3) is 0 Å². The highest BCUT2D eigenvalue weighted by Gasteiger charge is 2.08. The maximum atomic E-state index is 11.6. The van der Waals surface area contributed by atoms with Gasteiger partial charge in [0.05, 0.1) is 6.61 Å².